The standard InChI is InChI=1S/C18H16NOP.CH4/c19-17-13-7-8-14-18(17)21(20,15-9-3-1-4-10-15)16-11-5-2-6-12-16;/h1-14H,19H2;1H4. The van der Waals surface area contributed by atoms with Crippen molar-refractivity contribution in [2.24, 2.45) is 0 Å². The van der Waals surface area contributed by atoms with Crippen LogP contribution < -0.4 is 21.6 Å². The lowest BCUT2D eigenvalue weighted by molar-refractivity contribution is 0.592. The number of hydrogen-bond acceptors (Lipinski definition) is 2. The maximum atomic E-state index is 14.0. The second-order valence-electron chi connectivity index (χ2n) is 4.84. The fourth-order valence-electron chi connectivity index (χ4n) is 2.48. The Balaban J connectivity index is 0.00000176. The highest BCUT2D eigenvalue weighted by Gasteiger charge is 2.30. The van der Waals surface area contributed by atoms with Crippen molar-refractivity contribution in [3.05, 3.63) is 84.9 Å². The maximum absolute atomic E-state index is 14.0. The van der Waals surface area contributed by atoms with Gasteiger partial charge in [0.1, 0.15) is 0 Å². The summed E-state index contributed by atoms with van der Waals surface area (Å²) in [5.41, 5.74) is 6.67. The number of rotatable bonds is 3. The van der Waals surface area contributed by atoms with Gasteiger partial charge >= 0.3 is 0 Å². The molecule has 0 unspecified atom stereocenters. The molecule has 0 heterocycles. The van der Waals surface area contributed by atoms with Gasteiger partial charge in [-0.15, -0.1) is 0 Å². The number of para-hydroxylation sites is 1. The number of nitrogen functional groups attached to an aromatic ring is 1. The second kappa shape index (κ2) is 6.64. The van der Waals surface area contributed by atoms with E-state index in [0.29, 0.717) is 11.0 Å². The van der Waals surface area contributed by atoms with Crippen LogP contribution in [0.15, 0.2) is 84.9 Å². The third kappa shape index (κ3) is 2.70. The third-order valence-electron chi connectivity index (χ3n) is 3.52. The van der Waals surface area contributed by atoms with Gasteiger partial charge in [0.2, 0.25) is 0 Å². The van der Waals surface area contributed by atoms with E-state index < -0.39 is 7.14 Å². The molecule has 0 bridgehead atoms. The van der Waals surface area contributed by atoms with Crippen LogP contribution in [-0.2, 0) is 4.57 Å². The van der Waals surface area contributed by atoms with Crippen LogP contribution in [0.5, 0.6) is 0 Å². The van der Waals surface area contributed by atoms with Gasteiger partial charge in [0.15, 0.2) is 7.14 Å². The second-order valence-corrected chi connectivity index (χ2v) is 7.57. The molecule has 0 radical (unpaired) electrons. The molecule has 0 saturated heterocycles. The molecule has 3 aromatic rings. The van der Waals surface area contributed by atoms with E-state index >= 15 is 0 Å². The lowest BCUT2D eigenvalue weighted by Gasteiger charge is -2.21. The Kier molecular flexibility index (Phi) is 4.85. The van der Waals surface area contributed by atoms with Gasteiger partial charge in [0.05, 0.1) is 0 Å². The lowest BCUT2D eigenvalue weighted by Crippen LogP contribution is -2.26. The zero-order chi connectivity index (χ0) is 14.7. The molecule has 0 aromatic heterocycles. The van der Waals surface area contributed by atoms with Gasteiger partial charge in [-0.25, -0.2) is 0 Å². The summed E-state index contributed by atoms with van der Waals surface area (Å²) in [6.45, 7) is 0. The fourth-order valence-corrected chi connectivity index (χ4v) is 5.25. The van der Waals surface area contributed by atoms with E-state index in [1.165, 1.54) is 0 Å². The molecule has 3 rings (SSSR count). The normalized spacial score (nSPS) is 10.7. The highest BCUT2D eigenvalue weighted by atomic mass is 31.2. The van der Waals surface area contributed by atoms with Crippen LogP contribution in [0.1, 0.15) is 7.43 Å². The largest absolute Gasteiger partial charge is 0.398 e. The van der Waals surface area contributed by atoms with E-state index in [9.17, 15) is 4.57 Å². The fraction of sp³-hybridized carbons (Fsp3) is 0.0526. The molecule has 3 aromatic carbocycles. The molecule has 0 atom stereocenters. The van der Waals surface area contributed by atoms with Crippen molar-refractivity contribution in [2.45, 2.75) is 7.43 Å². The Morgan fingerprint density at radius 2 is 1.05 bits per heavy atom. The molecule has 0 aliphatic heterocycles. The van der Waals surface area contributed by atoms with E-state index in [1.807, 2.05) is 78.9 Å². The van der Waals surface area contributed by atoms with E-state index in [-0.39, 0.29) is 7.43 Å². The minimum atomic E-state index is -2.94. The van der Waals surface area contributed by atoms with E-state index in [1.54, 1.807) is 6.07 Å². The van der Waals surface area contributed by atoms with Crippen LogP contribution in [0.3, 0.4) is 0 Å². The van der Waals surface area contributed by atoms with Crippen molar-refractivity contribution < 1.29 is 4.57 Å². The molecule has 22 heavy (non-hydrogen) atoms. The van der Waals surface area contributed by atoms with Gasteiger partial charge in [-0.05, 0) is 12.1 Å². The average Bonchev–Trinajstić information content (AvgIpc) is 2.56. The smallest absolute Gasteiger partial charge is 0.173 e. The monoisotopic (exact) mass is 309 g/mol. The Bertz CT molecular complexity index is 741. The van der Waals surface area contributed by atoms with Gasteiger partial charge in [-0.2, -0.15) is 0 Å². The van der Waals surface area contributed by atoms with Crippen LogP contribution in [0.25, 0.3) is 0 Å². The van der Waals surface area contributed by atoms with Crippen LogP contribution in [0.2, 0.25) is 0 Å². The first-order valence-electron chi connectivity index (χ1n) is 6.79. The minimum Gasteiger partial charge on any atom is -0.398 e. The molecular formula is C19H20NOP. The molecular weight excluding hydrogens is 289 g/mol. The summed E-state index contributed by atoms with van der Waals surface area (Å²) in [5, 5.41) is 2.30. The zero-order valence-corrected chi connectivity index (χ0v) is 12.4. The summed E-state index contributed by atoms with van der Waals surface area (Å²) >= 11 is 0. The van der Waals surface area contributed by atoms with Gasteiger partial charge in [-0.1, -0.05) is 80.2 Å². The summed E-state index contributed by atoms with van der Waals surface area (Å²) in [6.07, 6.45) is 0. The molecule has 0 fully saturated rings. The van der Waals surface area contributed by atoms with Crippen LogP contribution >= 0.6 is 7.14 Å². The third-order valence-corrected chi connectivity index (χ3v) is 6.65. The Morgan fingerprint density at radius 3 is 1.50 bits per heavy atom. The van der Waals surface area contributed by atoms with Crippen molar-refractivity contribution in [3.8, 4) is 0 Å². The first kappa shape index (κ1) is 16.1. The molecule has 0 spiro atoms. The number of nitrogens with two attached hydrogens (primary N) is 1. The minimum absolute atomic E-state index is 0. The summed E-state index contributed by atoms with van der Waals surface area (Å²) in [7, 11) is -2.94. The van der Waals surface area contributed by atoms with E-state index in [0.717, 1.165) is 10.6 Å². The highest BCUT2D eigenvalue weighted by Crippen LogP contribution is 2.43. The average molecular weight is 309 g/mol. The predicted octanol–water partition coefficient (Wildman–Crippen LogP) is 3.54. The van der Waals surface area contributed by atoms with E-state index in [4.69, 9.17) is 5.73 Å². The molecule has 2 N–H and O–H groups in total. The first-order valence-corrected chi connectivity index (χ1v) is 8.50. The molecule has 0 saturated carbocycles. The van der Waals surface area contributed by atoms with Crippen molar-refractivity contribution in [2.75, 3.05) is 5.73 Å². The summed E-state index contributed by atoms with van der Waals surface area (Å²) in [6, 6.07) is 26.5. The first-order chi connectivity index (χ1) is 10.2. The Morgan fingerprint density at radius 1 is 0.636 bits per heavy atom. The lowest BCUT2D eigenvalue weighted by atomic mass is 10.3. The molecule has 0 amide bonds. The molecule has 112 valence electrons. The number of anilines is 1. The van der Waals surface area contributed by atoms with Gasteiger partial charge in [0, 0.05) is 21.6 Å². The number of benzene rings is 3. The molecule has 2 nitrogen and oxygen atoms in total. The van der Waals surface area contributed by atoms with Crippen LogP contribution in [0.4, 0.5) is 5.69 Å². The SMILES string of the molecule is C.Nc1ccccc1P(=O)(c1ccccc1)c1ccccc1. The van der Waals surface area contributed by atoms with Crippen molar-refractivity contribution in [1.82, 2.24) is 0 Å². The maximum Gasteiger partial charge on any atom is 0.173 e. The quantitative estimate of drug-likeness (QED) is 0.594. The van der Waals surface area contributed by atoms with Gasteiger partial charge in [-0.3, -0.25) is 0 Å². The molecule has 3 heteroatoms. The van der Waals surface area contributed by atoms with Crippen molar-refractivity contribution in [1.29, 1.82) is 0 Å². The zero-order valence-electron chi connectivity index (χ0n) is 11.5. The van der Waals surface area contributed by atoms with Crippen molar-refractivity contribution in [3.63, 3.8) is 0 Å². The Hall–Kier alpha value is -2.31. The van der Waals surface area contributed by atoms with E-state index in [2.05, 4.69) is 0 Å². The highest BCUT2D eigenvalue weighted by molar-refractivity contribution is 7.85. The van der Waals surface area contributed by atoms with Gasteiger partial charge < -0.3 is 10.3 Å². The summed E-state index contributed by atoms with van der Waals surface area (Å²) in [4.78, 5) is 0. The van der Waals surface area contributed by atoms with Crippen LogP contribution in [0, 0.1) is 0 Å². The summed E-state index contributed by atoms with van der Waals surface area (Å²) < 4.78 is 14.0. The topological polar surface area (TPSA) is 43.1 Å². The molecule has 0 aliphatic carbocycles. The molecule has 0 aliphatic rings. The van der Waals surface area contributed by atoms with Crippen molar-refractivity contribution >= 4 is 28.7 Å². The van der Waals surface area contributed by atoms with Crippen LogP contribution in [-0.4, -0.2) is 0 Å². The summed E-state index contributed by atoms with van der Waals surface area (Å²) in [5.74, 6) is 0. The number of hydrogen-bond donors (Lipinski definition) is 1. The Labute approximate surface area is 132 Å². The predicted molar refractivity (Wildman–Crippen MR) is 97.0 cm³/mol. The van der Waals surface area contributed by atoms with Gasteiger partial charge in [0.25, 0.3) is 0 Å².